The normalized spacial score (nSPS) is 10.6. The zero-order valence-electron chi connectivity index (χ0n) is 8.66. The second kappa shape index (κ2) is 3.38. The number of anilines is 1. The summed E-state index contributed by atoms with van der Waals surface area (Å²) in [5.41, 5.74) is 7.75. The fourth-order valence-electron chi connectivity index (χ4n) is 1.67. The molecule has 1 aromatic heterocycles. The summed E-state index contributed by atoms with van der Waals surface area (Å²) in [5, 5.41) is 4.15. The van der Waals surface area contributed by atoms with Crippen LogP contribution < -0.4 is 5.73 Å². The van der Waals surface area contributed by atoms with E-state index in [4.69, 9.17) is 5.73 Å². The lowest BCUT2D eigenvalue weighted by Gasteiger charge is -2.02. The van der Waals surface area contributed by atoms with E-state index in [-0.39, 0.29) is 5.82 Å². The molecule has 78 valence electrons. The monoisotopic (exact) mass is 205 g/mol. The number of hydrogen-bond acceptors (Lipinski definition) is 2. The molecule has 2 aromatic rings. The van der Waals surface area contributed by atoms with Crippen molar-refractivity contribution in [1.29, 1.82) is 0 Å². The van der Waals surface area contributed by atoms with Crippen molar-refractivity contribution in [1.82, 2.24) is 9.78 Å². The molecule has 1 aromatic carbocycles. The number of aromatic nitrogens is 2. The molecular formula is C11H12FN3. The molecule has 0 spiro atoms. The van der Waals surface area contributed by atoms with E-state index in [0.29, 0.717) is 16.9 Å². The molecule has 0 amide bonds. The van der Waals surface area contributed by atoms with Gasteiger partial charge in [-0.3, -0.25) is 4.68 Å². The molecule has 0 bridgehead atoms. The number of nitrogens with two attached hydrogens (primary N) is 1. The Bertz CT molecular complexity index is 503. The average Bonchev–Trinajstić information content (AvgIpc) is 2.43. The second-order valence-corrected chi connectivity index (χ2v) is 3.45. The van der Waals surface area contributed by atoms with Gasteiger partial charge in [0.05, 0.1) is 5.69 Å². The number of nitrogens with zero attached hydrogens (tertiary/aromatic N) is 2. The molecule has 0 aliphatic heterocycles. The second-order valence-electron chi connectivity index (χ2n) is 3.45. The van der Waals surface area contributed by atoms with E-state index in [2.05, 4.69) is 5.10 Å². The van der Waals surface area contributed by atoms with Crippen molar-refractivity contribution in [2.24, 2.45) is 7.05 Å². The lowest BCUT2D eigenvalue weighted by Crippen LogP contribution is -1.98. The van der Waals surface area contributed by atoms with Gasteiger partial charge in [0.1, 0.15) is 11.6 Å². The SMILES string of the molecule is Cc1nn(C)c(N)c1-c1ccccc1F. The zero-order chi connectivity index (χ0) is 11.0. The predicted molar refractivity (Wildman–Crippen MR) is 57.8 cm³/mol. The van der Waals surface area contributed by atoms with Crippen LogP contribution in [-0.4, -0.2) is 9.78 Å². The zero-order valence-corrected chi connectivity index (χ0v) is 8.66. The largest absolute Gasteiger partial charge is 0.383 e. The fourth-order valence-corrected chi connectivity index (χ4v) is 1.67. The van der Waals surface area contributed by atoms with Gasteiger partial charge >= 0.3 is 0 Å². The average molecular weight is 205 g/mol. The van der Waals surface area contributed by atoms with Crippen LogP contribution in [0.1, 0.15) is 5.69 Å². The highest BCUT2D eigenvalue weighted by Crippen LogP contribution is 2.30. The van der Waals surface area contributed by atoms with Crippen molar-refractivity contribution in [3.8, 4) is 11.1 Å². The molecule has 2 N–H and O–H groups in total. The molecule has 0 aliphatic carbocycles. The smallest absolute Gasteiger partial charge is 0.131 e. The summed E-state index contributed by atoms with van der Waals surface area (Å²) in [4.78, 5) is 0. The van der Waals surface area contributed by atoms with Gasteiger partial charge in [-0.2, -0.15) is 5.10 Å². The molecule has 0 fully saturated rings. The summed E-state index contributed by atoms with van der Waals surface area (Å²) in [5.74, 6) is 0.206. The van der Waals surface area contributed by atoms with Gasteiger partial charge in [0.2, 0.25) is 0 Å². The van der Waals surface area contributed by atoms with Gasteiger partial charge in [-0.25, -0.2) is 4.39 Å². The number of benzene rings is 1. The topological polar surface area (TPSA) is 43.8 Å². The van der Waals surface area contributed by atoms with Crippen LogP contribution in [0, 0.1) is 12.7 Å². The summed E-state index contributed by atoms with van der Waals surface area (Å²) in [6.45, 7) is 1.82. The van der Waals surface area contributed by atoms with Gasteiger partial charge in [-0.1, -0.05) is 18.2 Å². The minimum atomic E-state index is -0.277. The standard InChI is InChI=1S/C11H12FN3/c1-7-10(11(13)15(2)14-7)8-5-3-4-6-9(8)12/h3-6H,13H2,1-2H3. The maximum Gasteiger partial charge on any atom is 0.131 e. The number of halogens is 1. The highest BCUT2D eigenvalue weighted by atomic mass is 19.1. The summed E-state index contributed by atoms with van der Waals surface area (Å²) >= 11 is 0. The first-order valence-corrected chi connectivity index (χ1v) is 4.65. The quantitative estimate of drug-likeness (QED) is 0.774. The third-order valence-electron chi connectivity index (χ3n) is 2.41. The molecule has 1 heterocycles. The number of rotatable bonds is 1. The third-order valence-corrected chi connectivity index (χ3v) is 2.41. The maximum absolute atomic E-state index is 13.6. The number of nitrogen functional groups attached to an aromatic ring is 1. The predicted octanol–water partition coefficient (Wildman–Crippen LogP) is 2.12. The van der Waals surface area contributed by atoms with E-state index < -0.39 is 0 Å². The summed E-state index contributed by atoms with van der Waals surface area (Å²) < 4.78 is 15.1. The maximum atomic E-state index is 13.6. The molecule has 0 saturated carbocycles. The summed E-state index contributed by atoms with van der Waals surface area (Å²) in [6, 6.07) is 6.56. The van der Waals surface area contributed by atoms with Gasteiger partial charge in [0, 0.05) is 18.2 Å². The van der Waals surface area contributed by atoms with Gasteiger partial charge in [-0.05, 0) is 13.0 Å². The van der Waals surface area contributed by atoms with Gasteiger partial charge < -0.3 is 5.73 Å². The van der Waals surface area contributed by atoms with Crippen LogP contribution >= 0.6 is 0 Å². The van der Waals surface area contributed by atoms with Gasteiger partial charge in [0.15, 0.2) is 0 Å². The Hall–Kier alpha value is -1.84. The highest BCUT2D eigenvalue weighted by molar-refractivity contribution is 5.76. The van der Waals surface area contributed by atoms with E-state index >= 15 is 0 Å². The van der Waals surface area contributed by atoms with Crippen molar-refractivity contribution in [3.63, 3.8) is 0 Å². The number of hydrogen-bond donors (Lipinski definition) is 1. The minimum Gasteiger partial charge on any atom is -0.383 e. The fraction of sp³-hybridized carbons (Fsp3) is 0.182. The lowest BCUT2D eigenvalue weighted by molar-refractivity contribution is 0.631. The molecule has 15 heavy (non-hydrogen) atoms. The highest BCUT2D eigenvalue weighted by Gasteiger charge is 2.15. The Morgan fingerprint density at radius 1 is 1.33 bits per heavy atom. The molecule has 0 radical (unpaired) electrons. The van der Waals surface area contributed by atoms with E-state index in [1.165, 1.54) is 6.07 Å². The Morgan fingerprint density at radius 3 is 2.53 bits per heavy atom. The van der Waals surface area contributed by atoms with Crippen molar-refractivity contribution >= 4 is 5.82 Å². The van der Waals surface area contributed by atoms with Crippen LogP contribution in [-0.2, 0) is 7.05 Å². The van der Waals surface area contributed by atoms with Gasteiger partial charge in [0.25, 0.3) is 0 Å². The molecule has 0 aliphatic rings. The molecular weight excluding hydrogens is 193 g/mol. The van der Waals surface area contributed by atoms with Crippen molar-refractivity contribution in [3.05, 3.63) is 35.8 Å². The first-order chi connectivity index (χ1) is 7.11. The summed E-state index contributed by atoms with van der Waals surface area (Å²) in [6.07, 6.45) is 0. The summed E-state index contributed by atoms with van der Waals surface area (Å²) in [7, 11) is 1.74. The molecule has 2 rings (SSSR count). The van der Waals surface area contributed by atoms with Crippen molar-refractivity contribution in [2.45, 2.75) is 6.92 Å². The molecule has 3 nitrogen and oxygen atoms in total. The van der Waals surface area contributed by atoms with Crippen molar-refractivity contribution in [2.75, 3.05) is 5.73 Å². The van der Waals surface area contributed by atoms with Crippen LogP contribution in [0.2, 0.25) is 0 Å². The van der Waals surface area contributed by atoms with Crippen LogP contribution in [0.25, 0.3) is 11.1 Å². The van der Waals surface area contributed by atoms with E-state index in [1.54, 1.807) is 29.9 Å². The number of aryl methyl sites for hydroxylation is 2. The molecule has 0 saturated heterocycles. The van der Waals surface area contributed by atoms with E-state index in [9.17, 15) is 4.39 Å². The Morgan fingerprint density at radius 2 is 2.00 bits per heavy atom. The first kappa shape index (κ1) is 9.71. The van der Waals surface area contributed by atoms with Crippen LogP contribution in [0.4, 0.5) is 10.2 Å². The van der Waals surface area contributed by atoms with Crippen LogP contribution in [0.15, 0.2) is 24.3 Å². The molecule has 4 heteroatoms. The molecule has 0 unspecified atom stereocenters. The van der Waals surface area contributed by atoms with E-state index in [0.717, 1.165) is 5.69 Å². The van der Waals surface area contributed by atoms with Crippen LogP contribution in [0.5, 0.6) is 0 Å². The van der Waals surface area contributed by atoms with E-state index in [1.807, 2.05) is 6.92 Å². The first-order valence-electron chi connectivity index (χ1n) is 4.65. The minimum absolute atomic E-state index is 0.277. The molecule has 0 atom stereocenters. The van der Waals surface area contributed by atoms with Crippen molar-refractivity contribution < 1.29 is 4.39 Å². The van der Waals surface area contributed by atoms with Crippen LogP contribution in [0.3, 0.4) is 0 Å². The lowest BCUT2D eigenvalue weighted by atomic mass is 10.1. The Balaban J connectivity index is 2.69. The van der Waals surface area contributed by atoms with Gasteiger partial charge in [-0.15, -0.1) is 0 Å². The third kappa shape index (κ3) is 1.48. The Labute approximate surface area is 87.3 Å². The Kier molecular flexibility index (Phi) is 2.19.